The van der Waals surface area contributed by atoms with Gasteiger partial charge in [-0.1, -0.05) is 68.1 Å². The van der Waals surface area contributed by atoms with Gasteiger partial charge in [-0.15, -0.1) is 10.2 Å². The number of likely N-dealkylation sites (tertiary alicyclic amines) is 1. The van der Waals surface area contributed by atoms with Crippen molar-refractivity contribution in [2.24, 2.45) is 11.8 Å². The summed E-state index contributed by atoms with van der Waals surface area (Å²) in [6, 6.07) is 14.5. The molecule has 2 N–H and O–H groups in total. The fraction of sp³-hybridized carbons (Fsp3) is 0.409. The minimum absolute atomic E-state index is 0.145. The predicted molar refractivity (Wildman–Crippen MR) is 117 cm³/mol. The van der Waals surface area contributed by atoms with Gasteiger partial charge in [0.2, 0.25) is 11.1 Å². The summed E-state index contributed by atoms with van der Waals surface area (Å²) in [5, 5.41) is 11.5. The summed E-state index contributed by atoms with van der Waals surface area (Å²) in [5.74, 6) is 8.53. The zero-order chi connectivity index (χ0) is 20.4. The van der Waals surface area contributed by atoms with E-state index in [1.807, 2.05) is 23.1 Å². The number of fused-ring (bicyclic) bond motifs is 1. The molecule has 0 radical (unpaired) electrons. The Morgan fingerprint density at radius 2 is 1.83 bits per heavy atom. The lowest BCUT2D eigenvalue weighted by molar-refractivity contribution is -0.130. The lowest BCUT2D eigenvalue weighted by Gasteiger charge is -2.34. The van der Waals surface area contributed by atoms with Gasteiger partial charge in [0.1, 0.15) is 0 Å². The fourth-order valence-corrected chi connectivity index (χ4v) is 5.01. The minimum atomic E-state index is 0.145. The van der Waals surface area contributed by atoms with Crippen LogP contribution in [0.25, 0.3) is 10.8 Å². The Bertz CT molecular complexity index is 1000. The molecule has 29 heavy (non-hydrogen) atoms. The normalized spacial score (nSPS) is 19.6. The molecule has 2 heterocycles. The van der Waals surface area contributed by atoms with E-state index in [4.69, 9.17) is 5.84 Å². The maximum Gasteiger partial charge on any atom is 0.233 e. The number of hydrogen-bond donors (Lipinski definition) is 1. The first-order valence-electron chi connectivity index (χ1n) is 10.1. The first-order chi connectivity index (χ1) is 14.0. The van der Waals surface area contributed by atoms with Crippen molar-refractivity contribution in [2.75, 3.05) is 24.7 Å². The van der Waals surface area contributed by atoms with Crippen molar-refractivity contribution < 1.29 is 4.79 Å². The number of amides is 1. The maximum absolute atomic E-state index is 12.6. The van der Waals surface area contributed by atoms with Crippen LogP contribution in [0, 0.1) is 11.8 Å². The van der Waals surface area contributed by atoms with E-state index in [-0.39, 0.29) is 5.91 Å². The number of hydrogen-bond acceptors (Lipinski definition) is 5. The summed E-state index contributed by atoms with van der Waals surface area (Å²) in [7, 11) is 0. The average Bonchev–Trinajstić information content (AvgIpc) is 3.05. The van der Waals surface area contributed by atoms with Gasteiger partial charge in [-0.25, -0.2) is 4.68 Å². The first kappa shape index (κ1) is 19.8. The first-order valence-corrected chi connectivity index (χ1v) is 11.1. The summed E-state index contributed by atoms with van der Waals surface area (Å²) in [5.41, 5.74) is 1.16. The van der Waals surface area contributed by atoms with E-state index >= 15 is 0 Å². The number of nitrogens with zero attached hydrogens (tertiary/aromatic N) is 4. The smallest absolute Gasteiger partial charge is 0.233 e. The predicted octanol–water partition coefficient (Wildman–Crippen LogP) is 3.33. The molecule has 4 rings (SSSR count). The van der Waals surface area contributed by atoms with Crippen LogP contribution in [0.15, 0.2) is 47.6 Å². The summed E-state index contributed by atoms with van der Waals surface area (Å²) in [6.45, 7) is 6.09. The summed E-state index contributed by atoms with van der Waals surface area (Å²) < 4.78 is 1.52. The van der Waals surface area contributed by atoms with E-state index in [0.29, 0.717) is 35.0 Å². The number of thioether (sulfide) groups is 1. The largest absolute Gasteiger partial charge is 0.341 e. The molecule has 2 atom stereocenters. The van der Waals surface area contributed by atoms with Gasteiger partial charge in [0.05, 0.1) is 5.75 Å². The zero-order valence-electron chi connectivity index (χ0n) is 16.9. The third-order valence-electron chi connectivity index (χ3n) is 5.51. The molecule has 1 aliphatic rings. The number of nitrogens with two attached hydrogens (primary N) is 1. The molecule has 2 aromatic carbocycles. The van der Waals surface area contributed by atoms with Crippen LogP contribution < -0.4 is 5.84 Å². The molecule has 0 spiro atoms. The highest BCUT2D eigenvalue weighted by Gasteiger charge is 2.25. The topological polar surface area (TPSA) is 77.0 Å². The number of carbonyl (C=O) groups excluding carboxylic acids is 1. The van der Waals surface area contributed by atoms with Crippen molar-refractivity contribution in [1.82, 2.24) is 19.8 Å². The fourth-order valence-electron chi connectivity index (χ4n) is 4.23. The average molecular weight is 410 g/mol. The van der Waals surface area contributed by atoms with Gasteiger partial charge in [-0.05, 0) is 34.6 Å². The summed E-state index contributed by atoms with van der Waals surface area (Å²) in [4.78, 5) is 14.6. The Hall–Kier alpha value is -2.54. The van der Waals surface area contributed by atoms with Crippen molar-refractivity contribution in [3.05, 3.63) is 53.9 Å². The Kier molecular flexibility index (Phi) is 5.76. The molecule has 0 saturated carbocycles. The van der Waals surface area contributed by atoms with Crippen molar-refractivity contribution in [3.8, 4) is 0 Å². The molecule has 1 amide bonds. The van der Waals surface area contributed by atoms with E-state index in [2.05, 4.69) is 48.3 Å². The van der Waals surface area contributed by atoms with Crippen molar-refractivity contribution in [3.63, 3.8) is 0 Å². The van der Waals surface area contributed by atoms with Crippen LogP contribution in [0.5, 0.6) is 0 Å². The molecule has 3 aromatic rings. The van der Waals surface area contributed by atoms with Crippen LogP contribution in [-0.4, -0.2) is 44.5 Å². The monoisotopic (exact) mass is 409 g/mol. The molecule has 0 aliphatic carbocycles. The number of piperidine rings is 1. The third kappa shape index (κ3) is 4.40. The van der Waals surface area contributed by atoms with E-state index in [0.717, 1.165) is 18.7 Å². The van der Waals surface area contributed by atoms with E-state index in [1.54, 1.807) is 0 Å². The molecule has 1 fully saturated rings. The van der Waals surface area contributed by atoms with Gasteiger partial charge in [0.25, 0.3) is 0 Å². The number of rotatable bonds is 5. The van der Waals surface area contributed by atoms with Gasteiger partial charge in [0.15, 0.2) is 5.82 Å². The second-order valence-electron chi connectivity index (χ2n) is 8.12. The molecule has 152 valence electrons. The zero-order valence-corrected chi connectivity index (χ0v) is 17.7. The van der Waals surface area contributed by atoms with E-state index in [9.17, 15) is 4.79 Å². The molecular weight excluding hydrogens is 382 g/mol. The van der Waals surface area contributed by atoms with Crippen LogP contribution in [0.1, 0.15) is 31.7 Å². The number of benzene rings is 2. The Morgan fingerprint density at radius 3 is 2.62 bits per heavy atom. The minimum Gasteiger partial charge on any atom is -0.341 e. The van der Waals surface area contributed by atoms with Crippen LogP contribution in [0.4, 0.5) is 0 Å². The molecule has 0 unspecified atom stereocenters. The summed E-state index contributed by atoms with van der Waals surface area (Å²) >= 11 is 1.36. The van der Waals surface area contributed by atoms with Crippen molar-refractivity contribution in [2.45, 2.75) is 31.8 Å². The van der Waals surface area contributed by atoms with E-state index < -0.39 is 0 Å². The summed E-state index contributed by atoms with van der Waals surface area (Å²) in [6.07, 6.45) is 1.78. The van der Waals surface area contributed by atoms with Gasteiger partial charge in [-0.2, -0.15) is 0 Å². The number of nitrogen functional groups attached to an aromatic ring is 1. The van der Waals surface area contributed by atoms with Crippen LogP contribution >= 0.6 is 11.8 Å². The van der Waals surface area contributed by atoms with Gasteiger partial charge in [-0.3, -0.25) is 4.79 Å². The molecule has 0 bridgehead atoms. The molecule has 6 nitrogen and oxygen atoms in total. The second-order valence-corrected chi connectivity index (χ2v) is 9.06. The number of aromatic nitrogens is 3. The molecule has 1 saturated heterocycles. The van der Waals surface area contributed by atoms with Crippen LogP contribution in [0.2, 0.25) is 0 Å². The lowest BCUT2D eigenvalue weighted by Crippen LogP contribution is -2.43. The highest BCUT2D eigenvalue weighted by atomic mass is 32.2. The Balaban J connectivity index is 1.43. The van der Waals surface area contributed by atoms with Crippen LogP contribution in [-0.2, 0) is 11.2 Å². The Labute approximate surface area is 175 Å². The van der Waals surface area contributed by atoms with Crippen molar-refractivity contribution >= 4 is 28.4 Å². The quantitative estimate of drug-likeness (QED) is 0.517. The number of carbonyl (C=O) groups is 1. The third-order valence-corrected chi connectivity index (χ3v) is 6.44. The van der Waals surface area contributed by atoms with E-state index in [1.165, 1.54) is 33.6 Å². The SMILES string of the molecule is C[C@@H]1C[C@H](C)CN(C(=O)CSc2nnc(Cc3cccc4ccccc34)n2N)C1. The highest BCUT2D eigenvalue weighted by molar-refractivity contribution is 7.99. The van der Waals surface area contributed by atoms with Gasteiger partial charge < -0.3 is 10.7 Å². The van der Waals surface area contributed by atoms with Gasteiger partial charge in [0, 0.05) is 19.5 Å². The molecule has 1 aromatic heterocycles. The maximum atomic E-state index is 12.6. The molecule has 1 aliphatic heterocycles. The van der Waals surface area contributed by atoms with Crippen molar-refractivity contribution in [1.29, 1.82) is 0 Å². The lowest BCUT2D eigenvalue weighted by atomic mass is 9.92. The van der Waals surface area contributed by atoms with Gasteiger partial charge >= 0.3 is 0 Å². The Morgan fingerprint density at radius 1 is 1.10 bits per heavy atom. The molecular formula is C22H27N5OS. The molecule has 7 heteroatoms. The highest BCUT2D eigenvalue weighted by Crippen LogP contribution is 2.24. The standard InChI is InChI=1S/C22H27N5OS/c1-15-10-16(2)13-26(12-15)21(28)14-29-22-25-24-20(27(22)23)11-18-8-5-7-17-6-3-4-9-19(17)18/h3-9,15-16H,10-14,23H2,1-2H3/t15-,16+. The van der Waals surface area contributed by atoms with Crippen LogP contribution in [0.3, 0.4) is 0 Å². The second kappa shape index (κ2) is 8.45.